The zero-order chi connectivity index (χ0) is 67.2. The van der Waals surface area contributed by atoms with Gasteiger partial charge in [-0.2, -0.15) is 29.9 Å². The maximum Gasteiger partial charge on any atom is 0.257 e. The normalized spacial score (nSPS) is 17.1. The maximum absolute atomic E-state index is 13.2. The van der Waals surface area contributed by atoms with E-state index in [9.17, 15) is 14.4 Å². The highest BCUT2D eigenvalue weighted by Crippen LogP contribution is 2.46. The minimum Gasteiger partial charge on any atom is -0.485 e. The third-order valence-electron chi connectivity index (χ3n) is 17.3. The fourth-order valence-corrected chi connectivity index (χ4v) is 12.4. The van der Waals surface area contributed by atoms with Crippen LogP contribution in [0.4, 0.5) is 40.7 Å². The van der Waals surface area contributed by atoms with Gasteiger partial charge in [0.1, 0.15) is 62.4 Å². The Morgan fingerprint density at radius 1 is 0.459 bits per heavy atom. The van der Waals surface area contributed by atoms with Gasteiger partial charge in [0.15, 0.2) is 34.5 Å². The molecule has 7 aliphatic rings. The number of rotatable bonds is 14. The smallest absolute Gasteiger partial charge is 0.257 e. The summed E-state index contributed by atoms with van der Waals surface area (Å²) >= 11 is 0. The lowest BCUT2D eigenvalue weighted by molar-refractivity contribution is 0.0296. The van der Waals surface area contributed by atoms with E-state index in [4.69, 9.17) is 61.8 Å². The lowest BCUT2D eigenvalue weighted by Crippen LogP contribution is -2.41. The quantitative estimate of drug-likeness (QED) is 0.0558. The van der Waals surface area contributed by atoms with Gasteiger partial charge in [0.25, 0.3) is 17.7 Å². The van der Waals surface area contributed by atoms with Crippen molar-refractivity contribution in [3.8, 4) is 46.3 Å². The first-order valence-electron chi connectivity index (χ1n) is 32.8. The molecule has 31 heteroatoms. The number of carbonyl (C=O) groups excluding carboxylic acids is 3. The number of hydrogen-bond acceptors (Lipinski definition) is 25. The molecular weight excluding hydrogens is 1270 g/mol. The molecule has 1 atom stereocenters. The van der Waals surface area contributed by atoms with Crippen LogP contribution in [0.3, 0.4) is 0 Å². The standard InChI is InChI=1S/C24H28N6O5.C22H25N5O5.C21H23N5O5/c1-14-12-25-21-18(14)22(26-15-4-7-33-13-15)29-24(28-21)27-17-3-2-16(19-20(17)35-11-10-34-19)23(31)30-5-8-32-9-6-30;1-3-30-20-16-13(2)12-23-19(16)25-22(26-20)24-15-5-4-14(17-18(15)32-11-10-31-17)21(28)27-6-8-29-9-7-27;1-12-11-22-18-15(12)19(28-2)25-21(24-18)23-14-4-3-13(16-17(14)31-10-9-30-16)20(27)26-5-7-29-8-6-26/h2-3,12,15H,4-11,13H2,1H3,(H3,25,26,27,28,29);4-5,12H,3,6-11H2,1-2H3,(H2,23,24,25,26);3-4,11H,5-10H2,1-2H3,(H2,22,23,24,25)/t15-;;/m0../s1. The van der Waals surface area contributed by atoms with E-state index in [1.54, 1.807) is 52.1 Å². The first-order valence-corrected chi connectivity index (χ1v) is 32.8. The van der Waals surface area contributed by atoms with Gasteiger partial charge < -0.3 is 108 Å². The van der Waals surface area contributed by atoms with E-state index >= 15 is 0 Å². The number of aromatic nitrogens is 9. The van der Waals surface area contributed by atoms with E-state index in [1.165, 1.54) is 0 Å². The maximum atomic E-state index is 13.2. The van der Waals surface area contributed by atoms with Crippen LogP contribution in [0, 0.1) is 20.8 Å². The highest BCUT2D eigenvalue weighted by Gasteiger charge is 2.33. The van der Waals surface area contributed by atoms with Gasteiger partial charge in [-0.1, -0.05) is 0 Å². The van der Waals surface area contributed by atoms with Crippen LogP contribution in [-0.2, 0) is 18.9 Å². The first kappa shape index (κ1) is 64.7. The summed E-state index contributed by atoms with van der Waals surface area (Å²) < 4.78 is 68.1. The average molecular weight is 1350 g/mol. The molecule has 0 spiro atoms. The molecule has 7 N–H and O–H groups in total. The first-order chi connectivity index (χ1) is 48.0. The van der Waals surface area contributed by atoms with Gasteiger partial charge in [0.05, 0.1) is 116 Å². The number of fused-ring (bicyclic) bond motifs is 6. The Kier molecular flexibility index (Phi) is 19.1. The number of carbonyl (C=O) groups is 3. The van der Waals surface area contributed by atoms with Gasteiger partial charge in [0.2, 0.25) is 29.6 Å². The molecule has 514 valence electrons. The van der Waals surface area contributed by atoms with Crippen molar-refractivity contribution in [1.82, 2.24) is 59.6 Å². The molecule has 3 aromatic carbocycles. The van der Waals surface area contributed by atoms with Crippen molar-refractivity contribution in [1.29, 1.82) is 0 Å². The second-order valence-electron chi connectivity index (χ2n) is 23.7. The van der Waals surface area contributed by atoms with Crippen LogP contribution in [0.1, 0.15) is 61.1 Å². The summed E-state index contributed by atoms with van der Waals surface area (Å²) in [6.07, 6.45) is 6.58. The molecular formula is C67H76N16O15. The minimum atomic E-state index is -0.0993. The molecule has 0 unspecified atom stereocenters. The number of methoxy groups -OCH3 is 1. The number of nitrogens with zero attached hydrogens (tertiary/aromatic N) is 9. The molecule has 4 fully saturated rings. The van der Waals surface area contributed by atoms with Crippen LogP contribution in [0.5, 0.6) is 46.3 Å². The van der Waals surface area contributed by atoms with Crippen molar-refractivity contribution in [2.45, 2.75) is 40.2 Å². The number of hydrogen-bond donors (Lipinski definition) is 7. The van der Waals surface area contributed by atoms with Gasteiger partial charge in [0, 0.05) is 64.5 Å². The molecule has 0 saturated carbocycles. The van der Waals surface area contributed by atoms with E-state index in [0.717, 1.165) is 57.3 Å². The zero-order valence-corrected chi connectivity index (χ0v) is 55.0. The van der Waals surface area contributed by atoms with Crippen molar-refractivity contribution < 1.29 is 71.2 Å². The Labute approximate surface area is 561 Å². The van der Waals surface area contributed by atoms with Crippen LogP contribution in [0.15, 0.2) is 55.0 Å². The molecule has 13 heterocycles. The topological polar surface area (TPSA) is 345 Å². The summed E-state index contributed by atoms with van der Waals surface area (Å²) in [5, 5.41) is 15.8. The molecule has 0 aliphatic carbocycles. The lowest BCUT2D eigenvalue weighted by atomic mass is 10.1. The van der Waals surface area contributed by atoms with Crippen LogP contribution < -0.4 is 59.2 Å². The molecule has 98 heavy (non-hydrogen) atoms. The van der Waals surface area contributed by atoms with Crippen molar-refractivity contribution in [3.05, 3.63) is 88.4 Å². The predicted octanol–water partition coefficient (Wildman–Crippen LogP) is 7.37. The Hall–Kier alpha value is -10.6. The second-order valence-corrected chi connectivity index (χ2v) is 23.7. The monoisotopic (exact) mass is 1340 g/mol. The summed E-state index contributed by atoms with van der Waals surface area (Å²) in [4.78, 5) is 81.7. The van der Waals surface area contributed by atoms with E-state index < -0.39 is 0 Å². The SMILES string of the molecule is CCOc1nc(Nc2ccc(C(=O)N3CCOCC3)c3c2OCCO3)nc2[nH]cc(C)c12.COc1nc(Nc2ccc(C(=O)N3CCOCC3)c3c2OCCO3)nc2[nH]cc(C)c12.Cc1c[nH]c2nc(Nc3ccc(C(=O)N4CCOCC4)c4c3OCCO4)nc(N[C@H]3CCOC3)c12. The summed E-state index contributed by atoms with van der Waals surface area (Å²) in [7, 11) is 1.57. The van der Waals surface area contributed by atoms with E-state index in [1.807, 2.05) is 52.4 Å². The molecule has 16 rings (SSSR count). The Balaban J connectivity index is 0.000000126. The number of H-pyrrole nitrogens is 3. The van der Waals surface area contributed by atoms with E-state index in [-0.39, 0.29) is 23.8 Å². The summed E-state index contributed by atoms with van der Waals surface area (Å²) in [5.41, 5.74) is 8.41. The number of anilines is 7. The highest BCUT2D eigenvalue weighted by molar-refractivity contribution is 6.01. The van der Waals surface area contributed by atoms with Gasteiger partial charge >= 0.3 is 0 Å². The number of ether oxygens (including phenoxy) is 12. The molecule has 4 saturated heterocycles. The molecule has 7 aliphatic heterocycles. The number of aromatic amines is 3. The molecule has 0 bridgehead atoms. The zero-order valence-electron chi connectivity index (χ0n) is 55.0. The summed E-state index contributed by atoms with van der Waals surface area (Å²) in [6, 6.07) is 10.8. The molecule has 9 aromatic rings. The van der Waals surface area contributed by atoms with Crippen molar-refractivity contribution in [2.75, 3.05) is 167 Å². The number of benzene rings is 3. The van der Waals surface area contributed by atoms with Crippen molar-refractivity contribution in [2.24, 2.45) is 0 Å². The van der Waals surface area contributed by atoms with Gasteiger partial charge in [-0.25, -0.2) is 0 Å². The molecule has 3 amide bonds. The molecule has 0 radical (unpaired) electrons. The van der Waals surface area contributed by atoms with Gasteiger partial charge in [-0.05, 0) is 87.2 Å². The van der Waals surface area contributed by atoms with Crippen LogP contribution in [0.2, 0.25) is 0 Å². The fraction of sp³-hybridized carbons (Fsp3) is 0.418. The largest absolute Gasteiger partial charge is 0.485 e. The number of amides is 3. The third-order valence-corrected chi connectivity index (χ3v) is 17.3. The van der Waals surface area contributed by atoms with Crippen molar-refractivity contribution in [3.63, 3.8) is 0 Å². The Morgan fingerprint density at radius 2 is 0.827 bits per heavy atom. The fourth-order valence-electron chi connectivity index (χ4n) is 12.4. The average Bonchev–Trinajstić information content (AvgIpc) is 1.41. The second kappa shape index (κ2) is 29.0. The predicted molar refractivity (Wildman–Crippen MR) is 359 cm³/mol. The number of nitrogens with one attached hydrogen (secondary N) is 7. The molecule has 6 aromatic heterocycles. The van der Waals surface area contributed by atoms with Crippen LogP contribution in [-0.4, -0.2) is 229 Å². The van der Waals surface area contributed by atoms with Gasteiger partial charge in [-0.3, -0.25) is 14.4 Å². The highest BCUT2D eigenvalue weighted by atomic mass is 16.6. The van der Waals surface area contributed by atoms with Gasteiger partial charge in [-0.15, -0.1) is 0 Å². The Bertz CT molecular complexity index is 4420. The molecule has 31 nitrogen and oxygen atoms in total. The van der Waals surface area contributed by atoms with Crippen LogP contribution in [0.25, 0.3) is 33.1 Å². The number of morpholine rings is 3. The number of aryl methyl sites for hydroxylation is 3. The van der Waals surface area contributed by atoms with Crippen molar-refractivity contribution >= 4 is 91.5 Å². The Morgan fingerprint density at radius 3 is 1.21 bits per heavy atom. The lowest BCUT2D eigenvalue weighted by Gasteiger charge is -2.29. The van der Waals surface area contributed by atoms with E-state index in [2.05, 4.69) is 61.1 Å². The summed E-state index contributed by atoms with van der Waals surface area (Å²) in [6.45, 7) is 18.6. The minimum absolute atomic E-state index is 0.0913. The van der Waals surface area contributed by atoms with Crippen LogP contribution >= 0.6 is 0 Å². The van der Waals surface area contributed by atoms with E-state index in [0.29, 0.717) is 241 Å². The summed E-state index contributed by atoms with van der Waals surface area (Å²) in [5.74, 6) is 5.26. The third kappa shape index (κ3) is 13.5.